The number of nitrogens with one attached hydrogen (secondary N) is 1. The van der Waals surface area contributed by atoms with Crippen molar-refractivity contribution in [1.29, 1.82) is 0 Å². The summed E-state index contributed by atoms with van der Waals surface area (Å²) >= 11 is 0. The van der Waals surface area contributed by atoms with Crippen molar-refractivity contribution in [1.82, 2.24) is 9.99 Å². The van der Waals surface area contributed by atoms with Crippen LogP contribution in [0.4, 0.5) is 13.2 Å². The number of carbonyl (C=O) groups is 1. The van der Waals surface area contributed by atoms with Gasteiger partial charge in [0.05, 0.1) is 23.9 Å². The van der Waals surface area contributed by atoms with Gasteiger partial charge >= 0.3 is 6.18 Å². The molecule has 0 unspecified atom stereocenters. The number of benzene rings is 1. The molecule has 0 aliphatic carbocycles. The van der Waals surface area contributed by atoms with E-state index in [9.17, 15) is 18.0 Å². The van der Waals surface area contributed by atoms with Crippen LogP contribution in [0.5, 0.6) is 0 Å². The Morgan fingerprint density at radius 1 is 1.30 bits per heavy atom. The zero-order valence-corrected chi connectivity index (χ0v) is 12.7. The fourth-order valence-electron chi connectivity index (χ4n) is 2.02. The van der Waals surface area contributed by atoms with E-state index in [-0.39, 0.29) is 12.0 Å². The number of alkyl halides is 3. The third-order valence-corrected chi connectivity index (χ3v) is 3.42. The molecule has 0 fully saturated rings. The molecule has 1 aromatic carbocycles. The Hall–Kier alpha value is -2.57. The van der Waals surface area contributed by atoms with E-state index in [2.05, 4.69) is 10.5 Å². The van der Waals surface area contributed by atoms with Gasteiger partial charge < -0.3 is 4.57 Å². The minimum absolute atomic E-state index is 0.173. The highest BCUT2D eigenvalue weighted by molar-refractivity contribution is 5.82. The number of rotatable bonds is 4. The van der Waals surface area contributed by atoms with E-state index < -0.39 is 17.6 Å². The average Bonchev–Trinajstić information content (AvgIpc) is 2.79. The first-order valence-corrected chi connectivity index (χ1v) is 6.88. The summed E-state index contributed by atoms with van der Waals surface area (Å²) in [6.45, 7) is 1.93. The number of hydrazone groups is 1. The van der Waals surface area contributed by atoms with E-state index in [1.54, 1.807) is 0 Å². The van der Waals surface area contributed by atoms with Gasteiger partial charge in [0.25, 0.3) is 0 Å². The lowest BCUT2D eigenvalue weighted by Crippen LogP contribution is -2.20. The maximum atomic E-state index is 12.6. The second-order valence-electron chi connectivity index (χ2n) is 5.13. The molecule has 1 aromatic heterocycles. The Labute approximate surface area is 131 Å². The lowest BCUT2D eigenvalue weighted by Gasteiger charge is -2.08. The maximum Gasteiger partial charge on any atom is 0.416 e. The van der Waals surface area contributed by atoms with Crippen molar-refractivity contribution in [3.8, 4) is 0 Å². The number of nitrogens with zero attached hydrogens (tertiary/aromatic N) is 2. The Balaban J connectivity index is 1.96. The van der Waals surface area contributed by atoms with Crippen LogP contribution in [0.3, 0.4) is 0 Å². The first-order chi connectivity index (χ1) is 10.8. The monoisotopic (exact) mass is 323 g/mol. The molecule has 122 valence electrons. The number of aryl methyl sites for hydroxylation is 1. The second-order valence-corrected chi connectivity index (χ2v) is 5.13. The molecular formula is C16H16F3N3O. The van der Waals surface area contributed by atoms with Gasteiger partial charge in [-0.1, -0.05) is 18.2 Å². The summed E-state index contributed by atoms with van der Waals surface area (Å²) in [5.41, 5.74) is 3.67. The maximum absolute atomic E-state index is 12.6. The third kappa shape index (κ3) is 4.45. The number of amides is 1. The Morgan fingerprint density at radius 2 is 2.04 bits per heavy atom. The standard InChI is InChI=1S/C16H16F3N3O/c1-11-6-7-14(22(11)2)10-20-21-15(23)9-12-4-3-5-13(8-12)16(17,18)19/h3-8,10H,9H2,1-2H3,(H,21,23)/b20-10-. The number of aromatic nitrogens is 1. The first kappa shape index (κ1) is 16.8. The zero-order chi connectivity index (χ0) is 17.0. The predicted molar refractivity (Wildman–Crippen MR) is 81.0 cm³/mol. The molecule has 1 N–H and O–H groups in total. The second kappa shape index (κ2) is 6.68. The van der Waals surface area contributed by atoms with Crippen LogP contribution in [-0.2, 0) is 24.4 Å². The quantitative estimate of drug-likeness (QED) is 0.682. The number of hydrogen-bond donors (Lipinski definition) is 1. The molecule has 2 aromatic rings. The summed E-state index contributed by atoms with van der Waals surface area (Å²) in [5, 5.41) is 3.82. The van der Waals surface area contributed by atoms with E-state index in [0.717, 1.165) is 23.5 Å². The molecule has 0 saturated carbocycles. The molecular weight excluding hydrogens is 307 g/mol. The summed E-state index contributed by atoms with van der Waals surface area (Å²) in [4.78, 5) is 11.7. The van der Waals surface area contributed by atoms with Crippen molar-refractivity contribution in [2.24, 2.45) is 12.1 Å². The van der Waals surface area contributed by atoms with Gasteiger partial charge in [0.1, 0.15) is 0 Å². The van der Waals surface area contributed by atoms with Crippen LogP contribution in [0.2, 0.25) is 0 Å². The van der Waals surface area contributed by atoms with Gasteiger partial charge in [-0.2, -0.15) is 18.3 Å². The highest BCUT2D eigenvalue weighted by atomic mass is 19.4. The molecule has 0 spiro atoms. The molecule has 1 heterocycles. The third-order valence-electron chi connectivity index (χ3n) is 3.42. The van der Waals surface area contributed by atoms with Crippen molar-refractivity contribution < 1.29 is 18.0 Å². The van der Waals surface area contributed by atoms with E-state index >= 15 is 0 Å². The molecule has 23 heavy (non-hydrogen) atoms. The Morgan fingerprint density at radius 3 is 2.65 bits per heavy atom. The molecule has 4 nitrogen and oxygen atoms in total. The van der Waals surface area contributed by atoms with Crippen LogP contribution in [-0.4, -0.2) is 16.7 Å². The van der Waals surface area contributed by atoms with E-state index in [0.29, 0.717) is 0 Å². The van der Waals surface area contributed by atoms with Gasteiger partial charge in [-0.25, -0.2) is 5.43 Å². The molecule has 0 aliphatic rings. The van der Waals surface area contributed by atoms with E-state index in [1.807, 2.05) is 30.7 Å². The Bertz CT molecular complexity index is 732. The summed E-state index contributed by atoms with van der Waals surface area (Å²) in [7, 11) is 1.86. The topological polar surface area (TPSA) is 46.4 Å². The minimum atomic E-state index is -4.42. The number of halogens is 3. The van der Waals surface area contributed by atoms with Gasteiger partial charge in [0, 0.05) is 12.7 Å². The Kier molecular flexibility index (Phi) is 4.88. The summed E-state index contributed by atoms with van der Waals surface area (Å²) < 4.78 is 39.7. The number of hydrogen-bond acceptors (Lipinski definition) is 2. The molecule has 0 bridgehead atoms. The fourth-order valence-corrected chi connectivity index (χ4v) is 2.02. The molecule has 0 aliphatic heterocycles. The van der Waals surface area contributed by atoms with Gasteiger partial charge in [-0.3, -0.25) is 4.79 Å². The van der Waals surface area contributed by atoms with Gasteiger partial charge in [0.15, 0.2) is 0 Å². The SMILES string of the molecule is Cc1ccc(/C=N\NC(=O)Cc2cccc(C(F)(F)F)c2)n1C. The minimum Gasteiger partial charge on any atom is -0.347 e. The van der Waals surface area contributed by atoms with Crippen LogP contribution in [0, 0.1) is 6.92 Å². The largest absolute Gasteiger partial charge is 0.416 e. The van der Waals surface area contributed by atoms with Gasteiger partial charge in [-0.15, -0.1) is 0 Å². The lowest BCUT2D eigenvalue weighted by atomic mass is 10.1. The van der Waals surface area contributed by atoms with Crippen LogP contribution in [0.15, 0.2) is 41.5 Å². The van der Waals surface area contributed by atoms with Crippen molar-refractivity contribution in [2.75, 3.05) is 0 Å². The smallest absolute Gasteiger partial charge is 0.347 e. The van der Waals surface area contributed by atoms with Crippen molar-refractivity contribution in [3.63, 3.8) is 0 Å². The van der Waals surface area contributed by atoms with Crippen LogP contribution >= 0.6 is 0 Å². The number of carbonyl (C=O) groups excluding carboxylic acids is 1. The normalized spacial score (nSPS) is 11.9. The highest BCUT2D eigenvalue weighted by Crippen LogP contribution is 2.29. The molecule has 1 amide bonds. The fraction of sp³-hybridized carbons (Fsp3) is 0.250. The highest BCUT2D eigenvalue weighted by Gasteiger charge is 2.30. The van der Waals surface area contributed by atoms with Gasteiger partial charge in [0.2, 0.25) is 5.91 Å². The predicted octanol–water partition coefficient (Wildman–Crippen LogP) is 3.05. The summed E-state index contributed by atoms with van der Waals surface area (Å²) in [5.74, 6) is -0.480. The van der Waals surface area contributed by atoms with Crippen molar-refractivity contribution in [2.45, 2.75) is 19.5 Å². The molecule has 0 atom stereocenters. The zero-order valence-electron chi connectivity index (χ0n) is 12.7. The van der Waals surface area contributed by atoms with Crippen molar-refractivity contribution in [3.05, 3.63) is 58.9 Å². The van der Waals surface area contributed by atoms with E-state index in [1.165, 1.54) is 18.3 Å². The average molecular weight is 323 g/mol. The van der Waals surface area contributed by atoms with E-state index in [4.69, 9.17) is 0 Å². The summed E-state index contributed by atoms with van der Waals surface area (Å²) in [6, 6.07) is 8.44. The first-order valence-electron chi connectivity index (χ1n) is 6.88. The van der Waals surface area contributed by atoms with Crippen molar-refractivity contribution >= 4 is 12.1 Å². The molecule has 7 heteroatoms. The van der Waals surface area contributed by atoms with Crippen LogP contribution < -0.4 is 5.43 Å². The van der Waals surface area contributed by atoms with Crippen LogP contribution in [0.25, 0.3) is 0 Å². The molecule has 0 radical (unpaired) electrons. The summed E-state index contributed by atoms with van der Waals surface area (Å²) in [6.07, 6.45) is -3.11. The lowest BCUT2D eigenvalue weighted by molar-refractivity contribution is -0.137. The van der Waals surface area contributed by atoms with Crippen LogP contribution in [0.1, 0.15) is 22.5 Å². The molecule has 0 saturated heterocycles. The molecule has 2 rings (SSSR count). The van der Waals surface area contributed by atoms with Gasteiger partial charge in [-0.05, 0) is 30.7 Å².